The van der Waals surface area contributed by atoms with Crippen LogP contribution in [0.4, 0.5) is 0 Å². The van der Waals surface area contributed by atoms with Gasteiger partial charge in [-0.3, -0.25) is 4.79 Å². The van der Waals surface area contributed by atoms with E-state index in [4.69, 9.17) is 4.42 Å². The van der Waals surface area contributed by atoms with Crippen LogP contribution in [0.15, 0.2) is 28.7 Å². The highest BCUT2D eigenvalue weighted by atomic mass is 16.4. The number of para-hydroxylation sites is 1. The molecule has 1 aromatic heterocycles. The highest BCUT2D eigenvalue weighted by Crippen LogP contribution is 2.25. The van der Waals surface area contributed by atoms with Crippen molar-refractivity contribution >= 4 is 22.8 Å². The van der Waals surface area contributed by atoms with Crippen LogP contribution in [0.25, 0.3) is 11.0 Å². The lowest BCUT2D eigenvalue weighted by atomic mass is 10.1. The van der Waals surface area contributed by atoms with Crippen molar-refractivity contribution in [2.24, 2.45) is 0 Å². The predicted molar refractivity (Wildman–Crippen MR) is 78.2 cm³/mol. The Morgan fingerprint density at radius 2 is 2.00 bits per heavy atom. The molecule has 0 atom stereocenters. The number of rotatable bonds is 6. The summed E-state index contributed by atoms with van der Waals surface area (Å²) in [6.07, 6.45) is 0.366. The average Bonchev–Trinajstić information content (AvgIpc) is 2.82. The molecule has 21 heavy (non-hydrogen) atoms. The summed E-state index contributed by atoms with van der Waals surface area (Å²) in [6, 6.07) is 7.20. The first-order valence-electron chi connectivity index (χ1n) is 6.65. The van der Waals surface area contributed by atoms with E-state index in [-0.39, 0.29) is 11.7 Å². The Kier molecular flexibility index (Phi) is 4.59. The van der Waals surface area contributed by atoms with Gasteiger partial charge in [0, 0.05) is 44.6 Å². The molecule has 0 aliphatic heterocycles. The number of carboxylic acid groups (broad SMARTS) is 1. The van der Waals surface area contributed by atoms with Crippen LogP contribution in [-0.2, 0) is 11.3 Å². The number of hydrogen-bond acceptors (Lipinski definition) is 4. The van der Waals surface area contributed by atoms with E-state index in [1.54, 1.807) is 26.2 Å². The van der Waals surface area contributed by atoms with Crippen molar-refractivity contribution in [3.63, 3.8) is 0 Å². The molecular formula is C15H18N2O4. The number of carboxylic acids is 1. The first-order chi connectivity index (χ1) is 10.0. The summed E-state index contributed by atoms with van der Waals surface area (Å²) in [6.45, 7) is 0.828. The average molecular weight is 290 g/mol. The zero-order chi connectivity index (χ0) is 15.4. The van der Waals surface area contributed by atoms with Gasteiger partial charge in [0.1, 0.15) is 5.58 Å². The van der Waals surface area contributed by atoms with Gasteiger partial charge in [0.15, 0.2) is 0 Å². The molecule has 2 rings (SSSR count). The number of aromatic carboxylic acids is 1. The lowest BCUT2D eigenvalue weighted by Crippen LogP contribution is -2.26. The standard InChI is InChI=1S/C15H18N2O4/c1-17(2)13(18)7-8-16-9-11-10-5-3-4-6-12(10)21-14(11)15(19)20/h3-6,16H,7-9H2,1-2H3,(H,19,20). The van der Waals surface area contributed by atoms with E-state index >= 15 is 0 Å². The highest BCUT2D eigenvalue weighted by molar-refractivity contribution is 5.95. The summed E-state index contributed by atoms with van der Waals surface area (Å²) in [4.78, 5) is 24.2. The maximum Gasteiger partial charge on any atom is 0.372 e. The third-order valence-corrected chi connectivity index (χ3v) is 3.21. The fourth-order valence-electron chi connectivity index (χ4n) is 2.08. The van der Waals surface area contributed by atoms with E-state index < -0.39 is 5.97 Å². The van der Waals surface area contributed by atoms with Crippen molar-refractivity contribution in [3.8, 4) is 0 Å². The smallest absolute Gasteiger partial charge is 0.372 e. The van der Waals surface area contributed by atoms with Crippen molar-refractivity contribution in [2.45, 2.75) is 13.0 Å². The summed E-state index contributed by atoms with van der Waals surface area (Å²) >= 11 is 0. The van der Waals surface area contributed by atoms with Gasteiger partial charge >= 0.3 is 5.97 Å². The third kappa shape index (κ3) is 3.41. The van der Waals surface area contributed by atoms with Gasteiger partial charge in [-0.1, -0.05) is 18.2 Å². The number of nitrogens with one attached hydrogen (secondary N) is 1. The summed E-state index contributed by atoms with van der Waals surface area (Å²) in [5, 5.41) is 13.1. The van der Waals surface area contributed by atoms with Crippen molar-refractivity contribution in [1.82, 2.24) is 10.2 Å². The van der Waals surface area contributed by atoms with Gasteiger partial charge in [0.2, 0.25) is 11.7 Å². The van der Waals surface area contributed by atoms with Gasteiger partial charge < -0.3 is 19.7 Å². The van der Waals surface area contributed by atoms with Crippen LogP contribution < -0.4 is 5.32 Å². The van der Waals surface area contributed by atoms with E-state index in [1.807, 2.05) is 12.1 Å². The number of hydrogen-bond donors (Lipinski definition) is 2. The van der Waals surface area contributed by atoms with E-state index in [9.17, 15) is 14.7 Å². The Labute approximate surface area is 122 Å². The van der Waals surface area contributed by atoms with Gasteiger partial charge in [-0.15, -0.1) is 0 Å². The highest BCUT2D eigenvalue weighted by Gasteiger charge is 2.19. The molecule has 2 N–H and O–H groups in total. The van der Waals surface area contributed by atoms with Gasteiger partial charge in [0.05, 0.1) is 0 Å². The van der Waals surface area contributed by atoms with Crippen LogP contribution in [0.1, 0.15) is 22.5 Å². The largest absolute Gasteiger partial charge is 0.475 e. The number of benzene rings is 1. The van der Waals surface area contributed by atoms with Crippen molar-refractivity contribution < 1.29 is 19.1 Å². The quantitative estimate of drug-likeness (QED) is 0.791. The first kappa shape index (κ1) is 15.1. The molecule has 0 fully saturated rings. The summed E-state index contributed by atoms with van der Waals surface area (Å²) < 4.78 is 5.36. The minimum atomic E-state index is -1.09. The Hall–Kier alpha value is -2.34. The molecule has 0 spiro atoms. The number of amides is 1. The van der Waals surface area contributed by atoms with Gasteiger partial charge in [0.25, 0.3) is 0 Å². The molecule has 1 aromatic carbocycles. The van der Waals surface area contributed by atoms with Gasteiger partial charge in [-0.05, 0) is 6.07 Å². The number of fused-ring (bicyclic) bond motifs is 1. The maximum absolute atomic E-state index is 11.5. The zero-order valence-electron chi connectivity index (χ0n) is 12.0. The van der Waals surface area contributed by atoms with Crippen LogP contribution in [0, 0.1) is 0 Å². The molecule has 0 unspecified atom stereocenters. The third-order valence-electron chi connectivity index (χ3n) is 3.21. The molecule has 0 saturated carbocycles. The van der Waals surface area contributed by atoms with Crippen LogP contribution in [0.2, 0.25) is 0 Å². The van der Waals surface area contributed by atoms with E-state index in [0.29, 0.717) is 30.7 Å². The van der Waals surface area contributed by atoms with Crippen molar-refractivity contribution in [1.29, 1.82) is 0 Å². The molecule has 0 aliphatic carbocycles. The normalized spacial score (nSPS) is 10.8. The number of carbonyl (C=O) groups is 2. The summed E-state index contributed by atoms with van der Waals surface area (Å²) in [7, 11) is 3.41. The van der Waals surface area contributed by atoms with Crippen LogP contribution >= 0.6 is 0 Å². The van der Waals surface area contributed by atoms with Crippen molar-refractivity contribution in [2.75, 3.05) is 20.6 Å². The minimum absolute atomic E-state index is 0.0259. The molecule has 2 aromatic rings. The summed E-state index contributed by atoms with van der Waals surface area (Å²) in [5.74, 6) is -1.12. The van der Waals surface area contributed by atoms with Crippen LogP contribution in [0.3, 0.4) is 0 Å². The molecule has 1 amide bonds. The first-order valence-corrected chi connectivity index (χ1v) is 6.65. The van der Waals surface area contributed by atoms with Gasteiger partial charge in [-0.2, -0.15) is 0 Å². The monoisotopic (exact) mass is 290 g/mol. The molecule has 112 valence electrons. The van der Waals surface area contributed by atoms with Crippen LogP contribution in [-0.4, -0.2) is 42.5 Å². The molecule has 0 radical (unpaired) electrons. The lowest BCUT2D eigenvalue weighted by molar-refractivity contribution is -0.128. The summed E-state index contributed by atoms with van der Waals surface area (Å²) in [5.41, 5.74) is 1.16. The second kappa shape index (κ2) is 6.41. The zero-order valence-corrected chi connectivity index (χ0v) is 12.0. The lowest BCUT2D eigenvalue weighted by Gasteiger charge is -2.10. The second-order valence-electron chi connectivity index (χ2n) is 4.93. The molecule has 6 nitrogen and oxygen atoms in total. The topological polar surface area (TPSA) is 82.8 Å². The van der Waals surface area contributed by atoms with Gasteiger partial charge in [-0.25, -0.2) is 4.79 Å². The number of furan rings is 1. The fourth-order valence-corrected chi connectivity index (χ4v) is 2.08. The molecule has 1 heterocycles. The fraction of sp³-hybridized carbons (Fsp3) is 0.333. The molecule has 6 heteroatoms. The molecule has 0 bridgehead atoms. The Bertz CT molecular complexity index is 661. The molecule has 0 aliphatic rings. The second-order valence-corrected chi connectivity index (χ2v) is 4.93. The van der Waals surface area contributed by atoms with E-state index in [1.165, 1.54) is 4.90 Å². The SMILES string of the molecule is CN(C)C(=O)CCNCc1c(C(=O)O)oc2ccccc12. The van der Waals surface area contributed by atoms with Crippen LogP contribution in [0.5, 0.6) is 0 Å². The Morgan fingerprint density at radius 3 is 2.67 bits per heavy atom. The Balaban J connectivity index is 2.09. The maximum atomic E-state index is 11.5. The predicted octanol–water partition coefficient (Wildman–Crippen LogP) is 1.70. The van der Waals surface area contributed by atoms with E-state index in [0.717, 1.165) is 5.39 Å². The Morgan fingerprint density at radius 1 is 1.29 bits per heavy atom. The molecular weight excluding hydrogens is 272 g/mol. The molecule has 0 saturated heterocycles. The van der Waals surface area contributed by atoms with E-state index in [2.05, 4.69) is 5.32 Å². The minimum Gasteiger partial charge on any atom is -0.475 e. The van der Waals surface area contributed by atoms with Crippen molar-refractivity contribution in [3.05, 3.63) is 35.6 Å². The number of nitrogens with zero attached hydrogens (tertiary/aromatic N) is 1. The number of carbonyl (C=O) groups excluding carboxylic acids is 1.